The number of unbranched alkanes of at least 4 members (excludes halogenated alkanes) is 35. The maximum atomic E-state index is 13.0. The Morgan fingerprint density at radius 2 is 0.875 bits per heavy atom. The summed E-state index contributed by atoms with van der Waals surface area (Å²) in [6.07, 6.45) is 49.4. The van der Waals surface area contributed by atoms with Crippen LogP contribution in [0.25, 0.3) is 0 Å². The maximum Gasteiger partial charge on any atom is 0.220 e. The van der Waals surface area contributed by atoms with Gasteiger partial charge in [0.2, 0.25) is 5.91 Å². The second-order valence-corrected chi connectivity index (χ2v) is 19.4. The Morgan fingerprint density at radius 3 is 1.27 bits per heavy atom. The van der Waals surface area contributed by atoms with Crippen molar-refractivity contribution in [3.05, 3.63) is 24.3 Å². The molecule has 0 aromatic carbocycles. The van der Waals surface area contributed by atoms with Gasteiger partial charge in [-0.2, -0.15) is 0 Å². The lowest BCUT2D eigenvalue weighted by Gasteiger charge is -2.40. The SMILES string of the molecule is CCCCCCCCCCCC/C=C\CCCCCCCCCC(=O)NC(COC1OC(CO)C(O)C(O)C1O)C(O)/C=C/CCCCCCCCCCCCCCCCCCCC. The van der Waals surface area contributed by atoms with E-state index in [1.807, 2.05) is 6.08 Å². The molecule has 64 heavy (non-hydrogen) atoms. The Balaban J connectivity index is 2.26. The van der Waals surface area contributed by atoms with E-state index in [0.717, 1.165) is 38.5 Å². The maximum absolute atomic E-state index is 13.0. The van der Waals surface area contributed by atoms with Crippen LogP contribution < -0.4 is 5.32 Å². The zero-order valence-corrected chi connectivity index (χ0v) is 41.8. The van der Waals surface area contributed by atoms with Gasteiger partial charge < -0.3 is 40.3 Å². The number of ether oxygens (including phenoxy) is 2. The van der Waals surface area contributed by atoms with Gasteiger partial charge in [0.25, 0.3) is 0 Å². The highest BCUT2D eigenvalue weighted by Gasteiger charge is 2.44. The summed E-state index contributed by atoms with van der Waals surface area (Å²) in [7, 11) is 0. The molecule has 0 spiro atoms. The molecule has 1 fully saturated rings. The van der Waals surface area contributed by atoms with E-state index in [-0.39, 0.29) is 12.5 Å². The predicted molar refractivity (Wildman–Crippen MR) is 267 cm³/mol. The smallest absolute Gasteiger partial charge is 0.220 e. The van der Waals surface area contributed by atoms with Gasteiger partial charge in [-0.15, -0.1) is 0 Å². The molecule has 0 aromatic rings. The van der Waals surface area contributed by atoms with Gasteiger partial charge in [-0.3, -0.25) is 4.79 Å². The van der Waals surface area contributed by atoms with Crippen molar-refractivity contribution in [2.75, 3.05) is 13.2 Å². The monoisotopic (exact) mass is 908 g/mol. The molecule has 0 bridgehead atoms. The van der Waals surface area contributed by atoms with Crippen molar-refractivity contribution in [1.82, 2.24) is 5.32 Å². The van der Waals surface area contributed by atoms with Crippen LogP contribution >= 0.6 is 0 Å². The standard InChI is InChI=1S/C55H105NO8/c1-3-5-7-9-11-13-15-17-19-21-23-25-27-29-31-33-35-37-39-41-43-45-51(59)56-48(47-63-55-54(62)53(61)52(60)50(46-57)64-55)49(58)44-42-40-38-36-34-32-30-28-26-24-22-20-18-16-14-12-10-8-6-4-2/h25,27,42,44,48-50,52-55,57-58,60-62H,3-24,26,28-41,43,45-47H2,1-2H3,(H,56,59)/b27-25-,44-42+. The van der Waals surface area contributed by atoms with Gasteiger partial charge in [0.05, 0.1) is 25.4 Å². The van der Waals surface area contributed by atoms with Crippen molar-refractivity contribution in [2.24, 2.45) is 0 Å². The van der Waals surface area contributed by atoms with Gasteiger partial charge in [0.1, 0.15) is 24.4 Å². The number of aliphatic hydroxyl groups excluding tert-OH is 5. The Hall–Kier alpha value is -1.33. The largest absolute Gasteiger partial charge is 0.394 e. The topological polar surface area (TPSA) is 149 Å². The minimum absolute atomic E-state index is 0.178. The van der Waals surface area contributed by atoms with Gasteiger partial charge >= 0.3 is 0 Å². The molecule has 0 radical (unpaired) electrons. The number of nitrogens with one attached hydrogen (secondary N) is 1. The van der Waals surface area contributed by atoms with E-state index in [1.54, 1.807) is 6.08 Å². The third kappa shape index (κ3) is 34.9. The fourth-order valence-corrected chi connectivity index (χ4v) is 8.86. The normalized spacial score (nSPS) is 20.1. The van der Waals surface area contributed by atoms with Crippen LogP contribution in [0.2, 0.25) is 0 Å². The summed E-state index contributed by atoms with van der Waals surface area (Å²) in [5.41, 5.74) is 0. The van der Waals surface area contributed by atoms with Gasteiger partial charge in [0.15, 0.2) is 6.29 Å². The van der Waals surface area contributed by atoms with Crippen LogP contribution in [0.4, 0.5) is 0 Å². The second kappa shape index (κ2) is 45.5. The Labute approximate surface area is 394 Å². The highest BCUT2D eigenvalue weighted by Crippen LogP contribution is 2.23. The number of hydrogen-bond acceptors (Lipinski definition) is 8. The molecule has 1 amide bonds. The van der Waals surface area contributed by atoms with Gasteiger partial charge in [-0.05, 0) is 44.9 Å². The van der Waals surface area contributed by atoms with E-state index in [0.29, 0.717) is 6.42 Å². The summed E-state index contributed by atoms with van der Waals surface area (Å²) in [5, 5.41) is 54.4. The number of carbonyl (C=O) groups excluding carboxylic acids is 1. The molecule has 7 unspecified atom stereocenters. The van der Waals surface area contributed by atoms with E-state index >= 15 is 0 Å². The molecule has 9 nitrogen and oxygen atoms in total. The lowest BCUT2D eigenvalue weighted by Crippen LogP contribution is -2.60. The van der Waals surface area contributed by atoms with Crippen LogP contribution in [0.5, 0.6) is 0 Å². The van der Waals surface area contributed by atoms with Crippen molar-refractivity contribution < 1.29 is 39.8 Å². The fraction of sp³-hybridized carbons (Fsp3) is 0.909. The van der Waals surface area contributed by atoms with Crippen molar-refractivity contribution in [2.45, 2.75) is 307 Å². The van der Waals surface area contributed by atoms with Crippen molar-refractivity contribution in [3.8, 4) is 0 Å². The van der Waals surface area contributed by atoms with Crippen molar-refractivity contribution in [1.29, 1.82) is 0 Å². The lowest BCUT2D eigenvalue weighted by atomic mass is 9.99. The molecule has 1 aliphatic rings. The van der Waals surface area contributed by atoms with Gasteiger partial charge in [-0.25, -0.2) is 0 Å². The van der Waals surface area contributed by atoms with E-state index in [4.69, 9.17) is 9.47 Å². The van der Waals surface area contributed by atoms with Gasteiger partial charge in [-0.1, -0.05) is 237 Å². The van der Waals surface area contributed by atoms with E-state index in [9.17, 15) is 30.3 Å². The highest BCUT2D eigenvalue weighted by atomic mass is 16.7. The van der Waals surface area contributed by atoms with Crippen LogP contribution in [0, 0.1) is 0 Å². The number of hydrogen-bond donors (Lipinski definition) is 6. The number of carbonyl (C=O) groups is 1. The molecule has 378 valence electrons. The highest BCUT2D eigenvalue weighted by molar-refractivity contribution is 5.76. The first-order valence-electron chi connectivity index (χ1n) is 27.6. The van der Waals surface area contributed by atoms with Crippen molar-refractivity contribution >= 4 is 5.91 Å². The molecular formula is C55H105NO8. The molecule has 7 atom stereocenters. The summed E-state index contributed by atoms with van der Waals surface area (Å²) in [5.74, 6) is -0.178. The third-order valence-corrected chi connectivity index (χ3v) is 13.3. The minimum Gasteiger partial charge on any atom is -0.394 e. The average Bonchev–Trinajstić information content (AvgIpc) is 3.29. The summed E-state index contributed by atoms with van der Waals surface area (Å²) < 4.78 is 11.3. The number of amides is 1. The van der Waals surface area contributed by atoms with E-state index < -0.39 is 49.5 Å². The summed E-state index contributed by atoms with van der Waals surface area (Å²) in [4.78, 5) is 13.0. The van der Waals surface area contributed by atoms with Crippen LogP contribution in [0.1, 0.15) is 264 Å². The van der Waals surface area contributed by atoms with Crippen LogP contribution in [0.3, 0.4) is 0 Å². The first-order chi connectivity index (χ1) is 31.3. The van der Waals surface area contributed by atoms with Crippen LogP contribution in [-0.4, -0.2) is 87.5 Å². The Morgan fingerprint density at radius 1 is 0.516 bits per heavy atom. The zero-order valence-electron chi connectivity index (χ0n) is 41.8. The molecular weight excluding hydrogens is 803 g/mol. The lowest BCUT2D eigenvalue weighted by molar-refractivity contribution is -0.302. The van der Waals surface area contributed by atoms with Gasteiger partial charge in [0, 0.05) is 6.42 Å². The first kappa shape index (κ1) is 60.7. The molecule has 9 heteroatoms. The van der Waals surface area contributed by atoms with E-state index in [1.165, 1.54) is 205 Å². The Bertz CT molecular complexity index is 1060. The molecule has 0 aliphatic carbocycles. The zero-order chi connectivity index (χ0) is 46.6. The third-order valence-electron chi connectivity index (χ3n) is 13.3. The average molecular weight is 908 g/mol. The van der Waals surface area contributed by atoms with E-state index in [2.05, 4.69) is 31.3 Å². The number of aliphatic hydroxyl groups is 5. The molecule has 0 saturated carbocycles. The molecule has 1 aliphatic heterocycles. The second-order valence-electron chi connectivity index (χ2n) is 19.4. The molecule has 1 saturated heterocycles. The number of rotatable bonds is 47. The van der Waals surface area contributed by atoms with Crippen LogP contribution in [0.15, 0.2) is 24.3 Å². The number of allylic oxidation sites excluding steroid dienone is 3. The summed E-state index contributed by atoms with van der Waals surface area (Å²) in [6.45, 7) is 3.80. The molecule has 1 rings (SSSR count). The predicted octanol–water partition coefficient (Wildman–Crippen LogP) is 13.0. The summed E-state index contributed by atoms with van der Waals surface area (Å²) in [6, 6.07) is -0.805. The Kier molecular flexibility index (Phi) is 43.1. The van der Waals surface area contributed by atoms with Crippen molar-refractivity contribution in [3.63, 3.8) is 0 Å². The molecule has 1 heterocycles. The summed E-state index contributed by atoms with van der Waals surface area (Å²) >= 11 is 0. The molecule has 6 N–H and O–H groups in total. The minimum atomic E-state index is -1.57. The first-order valence-corrected chi connectivity index (χ1v) is 27.6. The van der Waals surface area contributed by atoms with Crippen LogP contribution in [-0.2, 0) is 14.3 Å². The molecule has 0 aromatic heterocycles. The quantitative estimate of drug-likeness (QED) is 0.0261. The fourth-order valence-electron chi connectivity index (χ4n) is 8.86.